The van der Waals surface area contributed by atoms with Crippen LogP contribution in [0.1, 0.15) is 27.9 Å². The summed E-state index contributed by atoms with van der Waals surface area (Å²) in [6.07, 6.45) is 4.48. The Morgan fingerprint density at radius 1 is 1.10 bits per heavy atom. The summed E-state index contributed by atoms with van der Waals surface area (Å²) in [5.74, 6) is 0.652. The van der Waals surface area contributed by atoms with E-state index < -0.39 is 0 Å². The van der Waals surface area contributed by atoms with Crippen LogP contribution in [-0.2, 0) is 13.2 Å². The fourth-order valence-corrected chi connectivity index (χ4v) is 2.97. The zero-order valence-corrected chi connectivity index (χ0v) is 17.4. The van der Waals surface area contributed by atoms with E-state index in [0.717, 1.165) is 15.6 Å². The fraction of sp³-hybridized carbons (Fsp3) is 0.136. The number of aromatic nitrogens is 1. The molecule has 7 heteroatoms. The van der Waals surface area contributed by atoms with E-state index in [1.165, 1.54) is 12.4 Å². The third-order valence-corrected chi connectivity index (χ3v) is 4.68. The molecule has 1 aromatic heterocycles. The van der Waals surface area contributed by atoms with Gasteiger partial charge in [-0.05, 0) is 30.7 Å². The van der Waals surface area contributed by atoms with E-state index in [1.54, 1.807) is 13.1 Å². The van der Waals surface area contributed by atoms with Crippen molar-refractivity contribution in [3.63, 3.8) is 0 Å². The maximum absolute atomic E-state index is 10.1. The third kappa shape index (κ3) is 5.49. The van der Waals surface area contributed by atoms with Crippen molar-refractivity contribution >= 4 is 28.4 Å². The van der Waals surface area contributed by atoms with Crippen molar-refractivity contribution in [1.29, 1.82) is 0 Å². The average molecular weight is 454 g/mol. The van der Waals surface area contributed by atoms with E-state index in [9.17, 15) is 10.2 Å². The Balaban J connectivity index is 1.78. The lowest BCUT2D eigenvalue weighted by atomic mass is 10.1. The number of rotatable bonds is 7. The number of hydrogen-bond acceptors (Lipinski definition) is 6. The van der Waals surface area contributed by atoms with Gasteiger partial charge in [0.25, 0.3) is 0 Å². The topological polar surface area (TPSA) is 87.3 Å². The van der Waals surface area contributed by atoms with Gasteiger partial charge in [-0.2, -0.15) is 10.2 Å². The first-order valence-corrected chi connectivity index (χ1v) is 9.68. The zero-order valence-electron chi connectivity index (χ0n) is 15.8. The molecule has 0 saturated carbocycles. The number of benzene rings is 2. The lowest BCUT2D eigenvalue weighted by Crippen LogP contribution is -1.98. The van der Waals surface area contributed by atoms with Crippen molar-refractivity contribution in [3.05, 3.63) is 87.1 Å². The molecule has 1 heterocycles. The molecule has 0 unspecified atom stereocenters. The van der Waals surface area contributed by atoms with E-state index in [-0.39, 0.29) is 12.4 Å². The highest BCUT2D eigenvalue weighted by Crippen LogP contribution is 2.24. The van der Waals surface area contributed by atoms with Crippen LogP contribution < -0.4 is 4.74 Å². The maximum atomic E-state index is 10.1. The van der Waals surface area contributed by atoms with Crippen LogP contribution in [0, 0.1) is 6.92 Å². The van der Waals surface area contributed by atoms with Gasteiger partial charge in [-0.15, -0.1) is 0 Å². The zero-order chi connectivity index (χ0) is 20.6. The standard InChI is InChI=1S/C22H20BrN3O3/c1-15-22(28)20(18(13-27)10-24-15)12-26-25-11-17-9-19(23)7-8-21(17)29-14-16-5-3-2-4-6-16/h2-12,27-28H,13-14H2,1H3/b25-11+,26-12+. The molecule has 148 valence electrons. The Morgan fingerprint density at radius 3 is 2.62 bits per heavy atom. The minimum Gasteiger partial charge on any atom is -0.505 e. The second kappa shape index (κ2) is 9.95. The van der Waals surface area contributed by atoms with Crippen LogP contribution in [0.4, 0.5) is 0 Å². The van der Waals surface area contributed by atoms with E-state index in [4.69, 9.17) is 4.74 Å². The molecule has 2 aromatic carbocycles. The van der Waals surface area contributed by atoms with Gasteiger partial charge in [-0.1, -0.05) is 46.3 Å². The first-order valence-electron chi connectivity index (χ1n) is 8.89. The molecule has 6 nitrogen and oxygen atoms in total. The van der Waals surface area contributed by atoms with Gasteiger partial charge in [0.2, 0.25) is 0 Å². The average Bonchev–Trinajstić information content (AvgIpc) is 2.74. The summed E-state index contributed by atoms with van der Waals surface area (Å²) in [4.78, 5) is 4.02. The van der Waals surface area contributed by atoms with Gasteiger partial charge in [0, 0.05) is 27.4 Å². The smallest absolute Gasteiger partial charge is 0.145 e. The van der Waals surface area contributed by atoms with Crippen molar-refractivity contribution in [3.8, 4) is 11.5 Å². The molecule has 0 saturated heterocycles. The predicted octanol–water partition coefficient (Wildman–Crippen LogP) is 4.38. The van der Waals surface area contributed by atoms with Crippen molar-refractivity contribution in [2.75, 3.05) is 0 Å². The summed E-state index contributed by atoms with van der Waals surface area (Å²) in [5, 5.41) is 27.6. The predicted molar refractivity (Wildman–Crippen MR) is 117 cm³/mol. The van der Waals surface area contributed by atoms with Gasteiger partial charge in [0.1, 0.15) is 18.1 Å². The van der Waals surface area contributed by atoms with Crippen LogP contribution in [0.2, 0.25) is 0 Å². The summed E-state index contributed by atoms with van der Waals surface area (Å²) >= 11 is 3.45. The molecule has 0 fully saturated rings. The number of aliphatic hydroxyl groups is 1. The number of halogens is 1. The molecular formula is C22H20BrN3O3. The van der Waals surface area contributed by atoms with Gasteiger partial charge in [0.15, 0.2) is 0 Å². The number of pyridine rings is 1. The van der Waals surface area contributed by atoms with Crippen molar-refractivity contribution in [2.24, 2.45) is 10.2 Å². The summed E-state index contributed by atoms with van der Waals surface area (Å²) in [6.45, 7) is 1.86. The normalized spacial score (nSPS) is 11.4. The first-order chi connectivity index (χ1) is 14.1. The van der Waals surface area contributed by atoms with Gasteiger partial charge >= 0.3 is 0 Å². The van der Waals surface area contributed by atoms with Crippen LogP contribution in [0.5, 0.6) is 11.5 Å². The molecule has 0 spiro atoms. The highest BCUT2D eigenvalue weighted by molar-refractivity contribution is 9.10. The van der Waals surface area contributed by atoms with E-state index in [0.29, 0.717) is 29.2 Å². The molecule has 2 N–H and O–H groups in total. The third-order valence-electron chi connectivity index (χ3n) is 4.19. The molecule has 0 aliphatic carbocycles. The van der Waals surface area contributed by atoms with Gasteiger partial charge in [-0.3, -0.25) is 4.98 Å². The number of hydrogen-bond donors (Lipinski definition) is 2. The first kappa shape index (κ1) is 20.7. The van der Waals surface area contributed by atoms with Crippen LogP contribution in [0.3, 0.4) is 0 Å². The lowest BCUT2D eigenvalue weighted by molar-refractivity contribution is 0.280. The van der Waals surface area contributed by atoms with Gasteiger partial charge in [-0.25, -0.2) is 0 Å². The molecule has 0 aliphatic rings. The summed E-state index contributed by atoms with van der Waals surface area (Å²) in [5.41, 5.74) is 3.14. The maximum Gasteiger partial charge on any atom is 0.145 e. The quantitative estimate of drug-likeness (QED) is 0.410. The number of aromatic hydroxyl groups is 1. The second-order valence-electron chi connectivity index (χ2n) is 6.23. The minimum absolute atomic E-state index is 0.0233. The van der Waals surface area contributed by atoms with E-state index in [1.807, 2.05) is 48.5 Å². The Bertz CT molecular complexity index is 1040. The van der Waals surface area contributed by atoms with Crippen molar-refractivity contribution < 1.29 is 14.9 Å². The number of ether oxygens (including phenoxy) is 1. The minimum atomic E-state index is -0.255. The SMILES string of the molecule is Cc1ncc(CO)c(/C=N/N=C/c2cc(Br)ccc2OCc2ccccc2)c1O. The Morgan fingerprint density at radius 2 is 1.86 bits per heavy atom. The monoisotopic (exact) mass is 453 g/mol. The Kier molecular flexibility index (Phi) is 7.10. The molecule has 3 rings (SSSR count). The van der Waals surface area contributed by atoms with Crippen LogP contribution in [0.25, 0.3) is 0 Å². The van der Waals surface area contributed by atoms with Crippen LogP contribution in [-0.4, -0.2) is 27.6 Å². The van der Waals surface area contributed by atoms with Crippen molar-refractivity contribution in [2.45, 2.75) is 20.1 Å². The lowest BCUT2D eigenvalue weighted by Gasteiger charge is -2.09. The summed E-state index contributed by atoms with van der Waals surface area (Å²) < 4.78 is 6.81. The van der Waals surface area contributed by atoms with Crippen LogP contribution in [0.15, 0.2) is 69.4 Å². The molecule has 0 amide bonds. The van der Waals surface area contributed by atoms with Crippen LogP contribution >= 0.6 is 15.9 Å². The number of aliphatic hydroxyl groups excluding tert-OH is 1. The van der Waals surface area contributed by atoms with Gasteiger partial charge in [0.05, 0.1) is 24.7 Å². The molecule has 0 atom stereocenters. The summed E-state index contributed by atoms with van der Waals surface area (Å²) in [7, 11) is 0. The molecule has 0 bridgehead atoms. The Hall–Kier alpha value is -3.03. The van der Waals surface area contributed by atoms with E-state index in [2.05, 4.69) is 31.1 Å². The van der Waals surface area contributed by atoms with E-state index >= 15 is 0 Å². The highest BCUT2D eigenvalue weighted by atomic mass is 79.9. The molecule has 0 radical (unpaired) electrons. The summed E-state index contributed by atoms with van der Waals surface area (Å²) in [6, 6.07) is 15.5. The van der Waals surface area contributed by atoms with Gasteiger partial charge < -0.3 is 14.9 Å². The molecular weight excluding hydrogens is 434 g/mol. The Labute approximate surface area is 177 Å². The van der Waals surface area contributed by atoms with Crippen molar-refractivity contribution in [1.82, 2.24) is 4.98 Å². The fourth-order valence-electron chi connectivity index (χ4n) is 2.60. The molecule has 3 aromatic rings. The highest BCUT2D eigenvalue weighted by Gasteiger charge is 2.09. The second-order valence-corrected chi connectivity index (χ2v) is 7.15. The largest absolute Gasteiger partial charge is 0.505 e. The number of aryl methyl sites for hydroxylation is 1. The number of nitrogens with zero attached hydrogens (tertiary/aromatic N) is 3. The molecule has 0 aliphatic heterocycles. The molecule has 29 heavy (non-hydrogen) atoms.